The highest BCUT2D eigenvalue weighted by Crippen LogP contribution is 2.23. The van der Waals surface area contributed by atoms with Gasteiger partial charge in [0.2, 0.25) is 0 Å². The lowest BCUT2D eigenvalue weighted by atomic mass is 10.1. The molecule has 4 heteroatoms. The fraction of sp³-hybridized carbons (Fsp3) is 0.143. The minimum atomic E-state index is -0.405. The molecule has 2 N–H and O–H groups in total. The van der Waals surface area contributed by atoms with Gasteiger partial charge in [0.05, 0.1) is 5.69 Å². The molecule has 94 valence electrons. The number of halogens is 2. The minimum Gasteiger partial charge on any atom is -0.487 e. The summed E-state index contributed by atoms with van der Waals surface area (Å²) < 4.78 is 31.2. The van der Waals surface area contributed by atoms with E-state index in [9.17, 15) is 8.78 Å². The fourth-order valence-electron chi connectivity index (χ4n) is 1.63. The Hall–Kier alpha value is -2.10. The molecule has 0 aromatic heterocycles. The molecule has 2 aromatic rings. The van der Waals surface area contributed by atoms with E-state index in [4.69, 9.17) is 10.5 Å². The van der Waals surface area contributed by atoms with Gasteiger partial charge >= 0.3 is 0 Å². The van der Waals surface area contributed by atoms with Crippen LogP contribution in [0.4, 0.5) is 14.5 Å². The zero-order valence-corrected chi connectivity index (χ0v) is 9.91. The van der Waals surface area contributed by atoms with E-state index in [0.29, 0.717) is 5.75 Å². The first-order valence-corrected chi connectivity index (χ1v) is 5.49. The smallest absolute Gasteiger partial charge is 0.142 e. The van der Waals surface area contributed by atoms with Crippen LogP contribution in [0.5, 0.6) is 5.75 Å². The van der Waals surface area contributed by atoms with E-state index in [1.54, 1.807) is 13.0 Å². The molecule has 0 aliphatic carbocycles. The Balaban J connectivity index is 2.11. The predicted octanol–water partition coefficient (Wildman–Crippen LogP) is 3.43. The van der Waals surface area contributed by atoms with Gasteiger partial charge in [-0.15, -0.1) is 0 Å². The molecule has 0 spiro atoms. The summed E-state index contributed by atoms with van der Waals surface area (Å²) in [4.78, 5) is 0. The van der Waals surface area contributed by atoms with Crippen LogP contribution in [0.15, 0.2) is 36.4 Å². The Bertz CT molecular complexity index is 518. The second-order valence-electron chi connectivity index (χ2n) is 4.04. The van der Waals surface area contributed by atoms with Crippen molar-refractivity contribution in [2.24, 2.45) is 0 Å². The van der Waals surface area contributed by atoms with Gasteiger partial charge in [-0.05, 0) is 42.3 Å². The maximum absolute atomic E-state index is 12.9. The SMILES string of the molecule is Cc1cc(F)ccc1COc1ccc(F)cc1N. The Labute approximate surface area is 104 Å². The second kappa shape index (κ2) is 5.04. The standard InChI is InChI=1S/C14H13F2NO/c1-9-6-11(15)3-2-10(9)8-18-14-5-4-12(16)7-13(14)17/h2-7H,8,17H2,1H3. The van der Waals surface area contributed by atoms with Crippen molar-refractivity contribution >= 4 is 5.69 Å². The first-order chi connectivity index (χ1) is 8.56. The van der Waals surface area contributed by atoms with Crippen LogP contribution >= 0.6 is 0 Å². The number of nitrogens with two attached hydrogens (primary N) is 1. The van der Waals surface area contributed by atoms with Crippen LogP contribution < -0.4 is 10.5 Å². The highest BCUT2D eigenvalue weighted by molar-refractivity contribution is 5.52. The van der Waals surface area contributed by atoms with Gasteiger partial charge in [0.25, 0.3) is 0 Å². The van der Waals surface area contributed by atoms with Gasteiger partial charge in [-0.2, -0.15) is 0 Å². The van der Waals surface area contributed by atoms with Gasteiger partial charge in [-0.3, -0.25) is 0 Å². The highest BCUT2D eigenvalue weighted by atomic mass is 19.1. The molecule has 0 unspecified atom stereocenters. The van der Waals surface area contributed by atoms with Gasteiger partial charge in [-0.25, -0.2) is 8.78 Å². The van der Waals surface area contributed by atoms with E-state index >= 15 is 0 Å². The van der Waals surface area contributed by atoms with E-state index in [-0.39, 0.29) is 18.1 Å². The molecule has 0 aliphatic rings. The Kier molecular flexibility index (Phi) is 3.46. The van der Waals surface area contributed by atoms with Crippen molar-refractivity contribution < 1.29 is 13.5 Å². The third-order valence-electron chi connectivity index (χ3n) is 2.66. The van der Waals surface area contributed by atoms with Gasteiger partial charge in [-0.1, -0.05) is 6.07 Å². The van der Waals surface area contributed by atoms with Crippen LogP contribution in [0.1, 0.15) is 11.1 Å². The summed E-state index contributed by atoms with van der Waals surface area (Å²) in [7, 11) is 0. The van der Waals surface area contributed by atoms with Crippen LogP contribution in [-0.2, 0) is 6.61 Å². The molecule has 0 amide bonds. The molecule has 0 fully saturated rings. The number of anilines is 1. The average Bonchev–Trinajstić information content (AvgIpc) is 2.30. The van der Waals surface area contributed by atoms with Crippen molar-refractivity contribution in [3.63, 3.8) is 0 Å². The van der Waals surface area contributed by atoms with Crippen LogP contribution in [-0.4, -0.2) is 0 Å². The number of hydrogen-bond acceptors (Lipinski definition) is 2. The van der Waals surface area contributed by atoms with Crippen LogP contribution in [0.3, 0.4) is 0 Å². The third-order valence-corrected chi connectivity index (χ3v) is 2.66. The second-order valence-corrected chi connectivity index (χ2v) is 4.04. The quantitative estimate of drug-likeness (QED) is 0.846. The largest absolute Gasteiger partial charge is 0.487 e. The van der Waals surface area contributed by atoms with Gasteiger partial charge in [0.15, 0.2) is 0 Å². The molecule has 0 radical (unpaired) electrons. The molecule has 0 bridgehead atoms. The number of hydrogen-bond donors (Lipinski definition) is 1. The number of aryl methyl sites for hydroxylation is 1. The summed E-state index contributed by atoms with van der Waals surface area (Å²) in [5.41, 5.74) is 7.53. The van der Waals surface area contributed by atoms with Crippen LogP contribution in [0, 0.1) is 18.6 Å². The van der Waals surface area contributed by atoms with E-state index in [1.165, 1.54) is 30.3 Å². The maximum atomic E-state index is 12.9. The average molecular weight is 249 g/mol. The molecule has 2 aromatic carbocycles. The number of nitrogen functional groups attached to an aromatic ring is 1. The fourth-order valence-corrected chi connectivity index (χ4v) is 1.63. The van der Waals surface area contributed by atoms with E-state index in [2.05, 4.69) is 0 Å². The van der Waals surface area contributed by atoms with Crippen LogP contribution in [0.25, 0.3) is 0 Å². The number of benzene rings is 2. The topological polar surface area (TPSA) is 35.2 Å². The Morgan fingerprint density at radius 3 is 2.39 bits per heavy atom. The van der Waals surface area contributed by atoms with Gasteiger partial charge in [0.1, 0.15) is 24.0 Å². The maximum Gasteiger partial charge on any atom is 0.142 e. The first-order valence-electron chi connectivity index (χ1n) is 5.49. The summed E-state index contributed by atoms with van der Waals surface area (Å²) in [5.74, 6) is -0.268. The Morgan fingerprint density at radius 1 is 1.06 bits per heavy atom. The molecular formula is C14H13F2NO. The third kappa shape index (κ3) is 2.77. The highest BCUT2D eigenvalue weighted by Gasteiger charge is 2.04. The predicted molar refractivity (Wildman–Crippen MR) is 66.3 cm³/mol. The normalized spacial score (nSPS) is 10.4. The molecule has 18 heavy (non-hydrogen) atoms. The molecule has 2 rings (SSSR count). The molecule has 0 atom stereocenters. The molecule has 0 saturated heterocycles. The van der Waals surface area contributed by atoms with E-state index in [1.807, 2.05) is 0 Å². The zero-order chi connectivity index (χ0) is 13.1. The molecule has 0 heterocycles. The van der Waals surface area contributed by atoms with E-state index in [0.717, 1.165) is 11.1 Å². The summed E-state index contributed by atoms with van der Waals surface area (Å²) in [6.45, 7) is 2.07. The zero-order valence-electron chi connectivity index (χ0n) is 9.91. The van der Waals surface area contributed by atoms with E-state index < -0.39 is 5.82 Å². The molecular weight excluding hydrogens is 236 g/mol. The van der Waals surface area contributed by atoms with Gasteiger partial charge in [0, 0.05) is 6.07 Å². The number of ether oxygens (including phenoxy) is 1. The number of rotatable bonds is 3. The van der Waals surface area contributed by atoms with Crippen molar-refractivity contribution in [3.05, 3.63) is 59.2 Å². The molecule has 0 saturated carbocycles. The van der Waals surface area contributed by atoms with Crippen molar-refractivity contribution in [2.45, 2.75) is 13.5 Å². The lowest BCUT2D eigenvalue weighted by Crippen LogP contribution is -2.01. The lowest BCUT2D eigenvalue weighted by Gasteiger charge is -2.10. The molecule has 2 nitrogen and oxygen atoms in total. The molecule has 0 aliphatic heterocycles. The summed E-state index contributed by atoms with van der Waals surface area (Å²) in [6, 6.07) is 8.43. The first kappa shape index (κ1) is 12.4. The monoisotopic (exact) mass is 249 g/mol. The lowest BCUT2D eigenvalue weighted by molar-refractivity contribution is 0.306. The van der Waals surface area contributed by atoms with Gasteiger partial charge < -0.3 is 10.5 Å². The summed E-state index contributed by atoms with van der Waals surface area (Å²) >= 11 is 0. The van der Waals surface area contributed by atoms with Crippen molar-refractivity contribution in [1.82, 2.24) is 0 Å². The summed E-state index contributed by atoms with van der Waals surface area (Å²) in [6.07, 6.45) is 0. The van der Waals surface area contributed by atoms with Crippen molar-refractivity contribution in [1.29, 1.82) is 0 Å². The van der Waals surface area contributed by atoms with Crippen molar-refractivity contribution in [2.75, 3.05) is 5.73 Å². The summed E-state index contributed by atoms with van der Waals surface area (Å²) in [5, 5.41) is 0. The van der Waals surface area contributed by atoms with Crippen LogP contribution in [0.2, 0.25) is 0 Å². The Morgan fingerprint density at radius 2 is 1.72 bits per heavy atom. The minimum absolute atomic E-state index is 0.245. The van der Waals surface area contributed by atoms with Crippen molar-refractivity contribution in [3.8, 4) is 5.75 Å².